The first kappa shape index (κ1) is 20.4. The number of carboxylic acids is 1. The predicted octanol–water partition coefficient (Wildman–Crippen LogP) is 1.66. The molecule has 0 bridgehead atoms. The van der Waals surface area contributed by atoms with E-state index in [2.05, 4.69) is 24.8 Å². The van der Waals surface area contributed by atoms with Gasteiger partial charge in [-0.15, -0.1) is 11.3 Å². The molecule has 0 amide bonds. The first-order chi connectivity index (χ1) is 13.3. The molecular weight excluding hydrogens is 399 g/mol. The van der Waals surface area contributed by atoms with E-state index in [0.717, 1.165) is 43.7 Å². The van der Waals surface area contributed by atoms with Gasteiger partial charge in [-0.05, 0) is 6.07 Å². The molecule has 0 unspecified atom stereocenters. The molecule has 4 heterocycles. The molecular formula is C16H18F3N5O3S. The lowest BCUT2D eigenvalue weighted by atomic mass is 10.1. The highest BCUT2D eigenvalue weighted by Crippen LogP contribution is 2.26. The Labute approximate surface area is 162 Å². The Morgan fingerprint density at radius 2 is 1.96 bits per heavy atom. The Kier molecular flexibility index (Phi) is 6.42. The van der Waals surface area contributed by atoms with Crippen molar-refractivity contribution < 1.29 is 27.8 Å². The van der Waals surface area contributed by atoms with E-state index in [9.17, 15) is 13.2 Å². The number of likely N-dealkylation sites (tertiary alicyclic amines) is 1. The lowest BCUT2D eigenvalue weighted by Gasteiger charge is -2.36. The molecule has 28 heavy (non-hydrogen) atoms. The zero-order valence-electron chi connectivity index (χ0n) is 14.6. The number of carboxylic acid groups (broad SMARTS) is 1. The third kappa shape index (κ3) is 5.14. The molecule has 0 radical (unpaired) electrons. The van der Waals surface area contributed by atoms with Crippen molar-refractivity contribution in [3.05, 3.63) is 35.0 Å². The van der Waals surface area contributed by atoms with Gasteiger partial charge in [0.1, 0.15) is 5.01 Å². The quantitative estimate of drug-likeness (QED) is 0.806. The van der Waals surface area contributed by atoms with Crippen LogP contribution in [0.4, 0.5) is 19.1 Å². The summed E-state index contributed by atoms with van der Waals surface area (Å²) in [5.41, 5.74) is 0. The Morgan fingerprint density at radius 1 is 1.25 bits per heavy atom. The maximum Gasteiger partial charge on any atom is 0.490 e. The monoisotopic (exact) mass is 417 g/mol. The van der Waals surface area contributed by atoms with Crippen LogP contribution in [0.3, 0.4) is 0 Å². The molecule has 2 saturated heterocycles. The van der Waals surface area contributed by atoms with Crippen LogP contribution in [-0.4, -0.2) is 75.5 Å². The van der Waals surface area contributed by atoms with Crippen LogP contribution in [-0.2, 0) is 16.1 Å². The van der Waals surface area contributed by atoms with Gasteiger partial charge < -0.3 is 14.7 Å². The third-order valence-electron chi connectivity index (χ3n) is 4.27. The van der Waals surface area contributed by atoms with Crippen molar-refractivity contribution in [3.8, 4) is 0 Å². The zero-order valence-corrected chi connectivity index (χ0v) is 15.4. The van der Waals surface area contributed by atoms with Gasteiger partial charge in [-0.25, -0.2) is 19.7 Å². The molecule has 2 aromatic heterocycles. The second kappa shape index (κ2) is 8.80. The van der Waals surface area contributed by atoms with Crippen LogP contribution in [0.25, 0.3) is 0 Å². The zero-order chi connectivity index (χ0) is 20.1. The molecule has 152 valence electrons. The van der Waals surface area contributed by atoms with E-state index in [4.69, 9.17) is 14.6 Å². The van der Waals surface area contributed by atoms with Crippen LogP contribution in [0, 0.1) is 0 Å². The highest BCUT2D eigenvalue weighted by atomic mass is 32.1. The number of alkyl halides is 3. The van der Waals surface area contributed by atoms with Gasteiger partial charge in [0.15, 0.2) is 0 Å². The summed E-state index contributed by atoms with van der Waals surface area (Å²) in [7, 11) is 0. The van der Waals surface area contributed by atoms with E-state index in [1.54, 1.807) is 23.7 Å². The lowest BCUT2D eigenvalue weighted by molar-refractivity contribution is -0.192. The maximum absolute atomic E-state index is 10.6. The average Bonchev–Trinajstić information content (AvgIpc) is 3.31. The van der Waals surface area contributed by atoms with Gasteiger partial charge in [-0.1, -0.05) is 0 Å². The van der Waals surface area contributed by atoms with Crippen LogP contribution >= 0.6 is 11.3 Å². The molecule has 4 rings (SSSR count). The fourth-order valence-corrected chi connectivity index (χ4v) is 3.76. The molecule has 0 spiro atoms. The summed E-state index contributed by atoms with van der Waals surface area (Å²) in [5.74, 6) is -1.95. The first-order valence-corrected chi connectivity index (χ1v) is 9.28. The molecule has 12 heteroatoms. The molecule has 2 aliphatic rings. The minimum atomic E-state index is -5.08. The van der Waals surface area contributed by atoms with Crippen LogP contribution in [0.15, 0.2) is 30.0 Å². The summed E-state index contributed by atoms with van der Waals surface area (Å²) in [4.78, 5) is 26.8. The molecule has 2 atom stereocenters. The van der Waals surface area contributed by atoms with Crippen molar-refractivity contribution in [1.82, 2.24) is 19.9 Å². The van der Waals surface area contributed by atoms with Gasteiger partial charge in [0.2, 0.25) is 5.95 Å². The number of thiazole rings is 1. The number of halogens is 3. The Bertz CT molecular complexity index is 763. The van der Waals surface area contributed by atoms with E-state index in [1.165, 1.54) is 0 Å². The number of ether oxygens (including phenoxy) is 1. The highest BCUT2D eigenvalue weighted by molar-refractivity contribution is 7.09. The standard InChI is InChI=1S/C14H17N5OS.C2HF3O2/c1-2-16-14(17-3-1)19-5-6-20-12-9-18(8-11(12)19)10-13-15-4-7-21-13;3-2(4,5)1(6)7/h1-4,7,11-12H,5-6,8-10H2;(H,6,7)/t11-,12+;/m1./s1. The number of anilines is 1. The van der Waals surface area contributed by atoms with E-state index in [-0.39, 0.29) is 6.10 Å². The van der Waals surface area contributed by atoms with Crippen molar-refractivity contribution in [2.75, 3.05) is 31.1 Å². The number of fused-ring (bicyclic) bond motifs is 1. The van der Waals surface area contributed by atoms with Gasteiger partial charge in [0.05, 0.1) is 25.3 Å². The fourth-order valence-electron chi connectivity index (χ4n) is 3.10. The van der Waals surface area contributed by atoms with Gasteiger partial charge >= 0.3 is 12.1 Å². The number of hydrogen-bond donors (Lipinski definition) is 1. The smallest absolute Gasteiger partial charge is 0.475 e. The summed E-state index contributed by atoms with van der Waals surface area (Å²) in [5, 5.41) is 10.3. The maximum atomic E-state index is 10.6. The Balaban J connectivity index is 0.000000279. The molecule has 2 aliphatic heterocycles. The number of hydrogen-bond acceptors (Lipinski definition) is 8. The predicted molar refractivity (Wildman–Crippen MR) is 94.0 cm³/mol. The topological polar surface area (TPSA) is 91.7 Å². The van der Waals surface area contributed by atoms with E-state index in [1.807, 2.05) is 17.6 Å². The number of morpholine rings is 1. The lowest BCUT2D eigenvalue weighted by Crippen LogP contribution is -2.51. The fraction of sp³-hybridized carbons (Fsp3) is 0.500. The number of aromatic nitrogens is 3. The van der Waals surface area contributed by atoms with E-state index in [0.29, 0.717) is 6.04 Å². The second-order valence-electron chi connectivity index (χ2n) is 6.14. The molecule has 0 saturated carbocycles. The largest absolute Gasteiger partial charge is 0.490 e. The van der Waals surface area contributed by atoms with Crippen molar-refractivity contribution in [3.63, 3.8) is 0 Å². The van der Waals surface area contributed by atoms with Crippen LogP contribution < -0.4 is 4.90 Å². The highest BCUT2D eigenvalue weighted by Gasteiger charge is 2.41. The summed E-state index contributed by atoms with van der Waals surface area (Å²) in [6, 6.07) is 2.19. The average molecular weight is 417 g/mol. The van der Waals surface area contributed by atoms with Gasteiger partial charge in [0.25, 0.3) is 0 Å². The normalized spacial score (nSPS) is 22.3. The molecule has 0 aliphatic carbocycles. The second-order valence-corrected chi connectivity index (χ2v) is 7.12. The minimum Gasteiger partial charge on any atom is -0.475 e. The molecule has 2 fully saturated rings. The Hall–Kier alpha value is -2.31. The SMILES string of the molecule is O=C(O)C(F)(F)F.c1cnc(N2CCO[C@H]3CN(Cc4nccs4)C[C@H]32)nc1. The van der Waals surface area contributed by atoms with Gasteiger partial charge in [-0.3, -0.25) is 4.90 Å². The molecule has 1 N–H and O–H groups in total. The van der Waals surface area contributed by atoms with Crippen molar-refractivity contribution >= 4 is 23.3 Å². The van der Waals surface area contributed by atoms with Crippen molar-refractivity contribution in [2.24, 2.45) is 0 Å². The van der Waals surface area contributed by atoms with Gasteiger partial charge in [0, 0.05) is 43.6 Å². The minimum absolute atomic E-state index is 0.238. The van der Waals surface area contributed by atoms with Crippen LogP contribution in [0.2, 0.25) is 0 Å². The van der Waals surface area contributed by atoms with E-state index < -0.39 is 12.1 Å². The van der Waals surface area contributed by atoms with Crippen LogP contribution in [0.5, 0.6) is 0 Å². The number of carbonyl (C=O) groups is 1. The van der Waals surface area contributed by atoms with Gasteiger partial charge in [-0.2, -0.15) is 13.2 Å². The number of aliphatic carboxylic acids is 1. The number of rotatable bonds is 3. The third-order valence-corrected chi connectivity index (χ3v) is 5.04. The summed E-state index contributed by atoms with van der Waals surface area (Å²) >= 11 is 1.71. The van der Waals surface area contributed by atoms with Crippen molar-refractivity contribution in [2.45, 2.75) is 24.9 Å². The number of nitrogens with zero attached hydrogens (tertiary/aromatic N) is 5. The molecule has 8 nitrogen and oxygen atoms in total. The van der Waals surface area contributed by atoms with Crippen molar-refractivity contribution in [1.29, 1.82) is 0 Å². The molecule has 2 aromatic rings. The summed E-state index contributed by atoms with van der Waals surface area (Å²) in [6.07, 6.45) is 0.621. The van der Waals surface area contributed by atoms with E-state index >= 15 is 0 Å². The summed E-state index contributed by atoms with van der Waals surface area (Å²) < 4.78 is 37.7. The summed E-state index contributed by atoms with van der Waals surface area (Å²) in [6.45, 7) is 4.42. The molecule has 0 aromatic carbocycles. The first-order valence-electron chi connectivity index (χ1n) is 8.40. The Morgan fingerprint density at radius 3 is 2.57 bits per heavy atom. The van der Waals surface area contributed by atoms with Crippen LogP contribution in [0.1, 0.15) is 5.01 Å².